The van der Waals surface area contributed by atoms with Gasteiger partial charge >= 0.3 is 0 Å². The van der Waals surface area contributed by atoms with E-state index in [1.54, 1.807) is 12.1 Å². The van der Waals surface area contributed by atoms with Crippen LogP contribution in [0.3, 0.4) is 0 Å². The predicted octanol–water partition coefficient (Wildman–Crippen LogP) is 2.01. The Hall–Kier alpha value is -2.54. The van der Waals surface area contributed by atoms with Gasteiger partial charge in [-0.15, -0.1) is 0 Å². The average molecular weight is 315 g/mol. The Morgan fingerprint density at radius 1 is 1.09 bits per heavy atom. The van der Waals surface area contributed by atoms with Gasteiger partial charge in [0.25, 0.3) is 0 Å². The Bertz CT molecular complexity index is 926. The van der Waals surface area contributed by atoms with Crippen LogP contribution in [0, 0.1) is 0 Å². The van der Waals surface area contributed by atoms with Crippen molar-refractivity contribution in [2.24, 2.45) is 0 Å². The normalized spacial score (nSPS) is 11.5. The molecule has 0 spiro atoms. The summed E-state index contributed by atoms with van der Waals surface area (Å²) >= 11 is 0. The number of hydrogen-bond donors (Lipinski definition) is 0. The van der Waals surface area contributed by atoms with Crippen LogP contribution in [0.2, 0.25) is 0 Å². The fourth-order valence-electron chi connectivity index (χ4n) is 2.06. The number of rotatable bonds is 4. The fourth-order valence-corrected chi connectivity index (χ4v) is 3.26. The molecule has 0 unspecified atom stereocenters. The summed E-state index contributed by atoms with van der Waals surface area (Å²) in [7, 11) is -2.12. The number of nitrogens with zero attached hydrogens (tertiary/aromatic N) is 3. The summed E-state index contributed by atoms with van der Waals surface area (Å²) < 4.78 is 29.9. The van der Waals surface area contributed by atoms with Gasteiger partial charge in [0, 0.05) is 11.5 Å². The minimum atomic E-state index is -3.59. The second kappa shape index (κ2) is 5.69. The van der Waals surface area contributed by atoms with Crippen LogP contribution in [0.1, 0.15) is 5.69 Å². The summed E-state index contributed by atoms with van der Waals surface area (Å²) in [5.41, 5.74) is 1.01. The molecule has 2 heterocycles. The van der Waals surface area contributed by atoms with Crippen LogP contribution >= 0.6 is 0 Å². The standard InChI is InChI=1S/C15H13N3O3S/c1-21-14-8-12(16-10-17-14)9-22(19,20)15-7-6-11-4-2-3-5-13(11)18-15/h2-8,10H,9H2,1H3. The number of fused-ring (bicyclic) bond motifs is 1. The van der Waals surface area contributed by atoms with Gasteiger partial charge in [-0.1, -0.05) is 18.2 Å². The Morgan fingerprint density at radius 2 is 1.91 bits per heavy atom. The third kappa shape index (κ3) is 2.89. The van der Waals surface area contributed by atoms with Gasteiger partial charge in [-0.25, -0.2) is 23.4 Å². The number of methoxy groups -OCH3 is 1. The lowest BCUT2D eigenvalue weighted by Gasteiger charge is -2.05. The van der Waals surface area contributed by atoms with E-state index < -0.39 is 9.84 Å². The molecule has 0 bridgehead atoms. The number of pyridine rings is 1. The first kappa shape index (κ1) is 14.4. The summed E-state index contributed by atoms with van der Waals surface area (Å²) in [6.45, 7) is 0. The first-order valence-electron chi connectivity index (χ1n) is 6.52. The van der Waals surface area contributed by atoms with E-state index in [-0.39, 0.29) is 10.8 Å². The van der Waals surface area contributed by atoms with E-state index in [9.17, 15) is 8.42 Å². The molecule has 3 aromatic rings. The van der Waals surface area contributed by atoms with Gasteiger partial charge < -0.3 is 4.74 Å². The van der Waals surface area contributed by atoms with Crippen molar-refractivity contribution >= 4 is 20.7 Å². The van der Waals surface area contributed by atoms with Crippen molar-refractivity contribution in [1.82, 2.24) is 15.0 Å². The zero-order valence-corrected chi connectivity index (χ0v) is 12.6. The molecule has 22 heavy (non-hydrogen) atoms. The maximum Gasteiger partial charge on any atom is 0.216 e. The van der Waals surface area contributed by atoms with E-state index in [4.69, 9.17) is 4.74 Å². The topological polar surface area (TPSA) is 82.0 Å². The van der Waals surface area contributed by atoms with Crippen LogP contribution in [0.4, 0.5) is 0 Å². The molecule has 1 aromatic carbocycles. The highest BCUT2D eigenvalue weighted by atomic mass is 32.2. The van der Waals surface area contributed by atoms with Gasteiger partial charge in [0.1, 0.15) is 6.33 Å². The van der Waals surface area contributed by atoms with Crippen molar-refractivity contribution < 1.29 is 13.2 Å². The van der Waals surface area contributed by atoms with Crippen molar-refractivity contribution in [3.05, 3.63) is 54.5 Å². The van der Waals surface area contributed by atoms with Gasteiger partial charge in [0.05, 0.1) is 24.1 Å². The fraction of sp³-hybridized carbons (Fsp3) is 0.133. The summed E-state index contributed by atoms with van der Waals surface area (Å²) in [5, 5.41) is 0.925. The van der Waals surface area contributed by atoms with Crippen LogP contribution in [0.15, 0.2) is 53.8 Å². The summed E-state index contributed by atoms with van der Waals surface area (Å²) in [6, 6.07) is 12.1. The quantitative estimate of drug-likeness (QED) is 0.732. The van der Waals surface area contributed by atoms with Gasteiger partial charge in [-0.2, -0.15) is 0 Å². The molecule has 0 radical (unpaired) electrons. The van der Waals surface area contributed by atoms with Crippen LogP contribution in [-0.4, -0.2) is 30.5 Å². The molecule has 2 aromatic heterocycles. The molecule has 0 amide bonds. The SMILES string of the molecule is COc1cc(CS(=O)(=O)c2ccc3ccccc3n2)ncn1. The Kier molecular flexibility index (Phi) is 3.72. The third-order valence-corrected chi connectivity index (χ3v) is 4.68. The Balaban J connectivity index is 1.96. The summed E-state index contributed by atoms with van der Waals surface area (Å²) in [6.07, 6.45) is 1.28. The number of benzene rings is 1. The van der Waals surface area contributed by atoms with E-state index in [0.717, 1.165) is 5.39 Å². The molecule has 0 aliphatic carbocycles. The molecule has 3 rings (SSSR count). The van der Waals surface area contributed by atoms with Gasteiger partial charge in [0.2, 0.25) is 15.7 Å². The van der Waals surface area contributed by atoms with Crippen molar-refractivity contribution in [2.45, 2.75) is 10.8 Å². The van der Waals surface area contributed by atoms with Crippen LogP contribution in [-0.2, 0) is 15.6 Å². The van der Waals surface area contributed by atoms with E-state index >= 15 is 0 Å². The highest BCUT2D eigenvalue weighted by Gasteiger charge is 2.18. The van der Waals surface area contributed by atoms with Gasteiger partial charge in [-0.05, 0) is 18.2 Å². The number of hydrogen-bond acceptors (Lipinski definition) is 6. The average Bonchev–Trinajstić information content (AvgIpc) is 2.54. The van der Waals surface area contributed by atoms with Crippen molar-refractivity contribution in [2.75, 3.05) is 7.11 Å². The minimum Gasteiger partial charge on any atom is -0.481 e. The van der Waals surface area contributed by atoms with Crippen LogP contribution in [0.5, 0.6) is 5.88 Å². The predicted molar refractivity (Wildman–Crippen MR) is 81.2 cm³/mol. The number of aromatic nitrogens is 3. The lowest BCUT2D eigenvalue weighted by atomic mass is 10.2. The van der Waals surface area contributed by atoms with E-state index in [1.807, 2.05) is 18.2 Å². The Labute approximate surface area is 127 Å². The summed E-state index contributed by atoms with van der Waals surface area (Å²) in [4.78, 5) is 12.0. The first-order valence-corrected chi connectivity index (χ1v) is 8.17. The highest BCUT2D eigenvalue weighted by Crippen LogP contribution is 2.19. The third-order valence-electron chi connectivity index (χ3n) is 3.14. The van der Waals surface area contributed by atoms with Gasteiger partial charge in [0.15, 0.2) is 5.03 Å². The van der Waals surface area contributed by atoms with Crippen molar-refractivity contribution in [1.29, 1.82) is 0 Å². The zero-order valence-electron chi connectivity index (χ0n) is 11.8. The highest BCUT2D eigenvalue weighted by molar-refractivity contribution is 7.90. The number of ether oxygens (including phenoxy) is 1. The van der Waals surface area contributed by atoms with Crippen LogP contribution in [0.25, 0.3) is 10.9 Å². The van der Waals surface area contributed by atoms with Crippen LogP contribution < -0.4 is 4.74 Å². The second-order valence-electron chi connectivity index (χ2n) is 4.65. The zero-order chi connectivity index (χ0) is 15.6. The number of sulfone groups is 1. The van der Waals surface area contributed by atoms with E-state index in [2.05, 4.69) is 15.0 Å². The monoisotopic (exact) mass is 315 g/mol. The molecule has 7 heteroatoms. The summed E-state index contributed by atoms with van der Waals surface area (Å²) in [5.74, 6) is 0.0729. The maximum atomic E-state index is 12.5. The molecule has 6 nitrogen and oxygen atoms in total. The largest absolute Gasteiger partial charge is 0.481 e. The molecular formula is C15H13N3O3S. The van der Waals surface area contributed by atoms with Crippen molar-refractivity contribution in [3.63, 3.8) is 0 Å². The molecule has 0 atom stereocenters. The van der Waals surface area contributed by atoms with Gasteiger partial charge in [-0.3, -0.25) is 0 Å². The molecular weight excluding hydrogens is 302 g/mol. The molecule has 0 N–H and O–H groups in total. The smallest absolute Gasteiger partial charge is 0.216 e. The Morgan fingerprint density at radius 3 is 2.73 bits per heavy atom. The molecule has 112 valence electrons. The van der Waals surface area contributed by atoms with Crippen molar-refractivity contribution in [3.8, 4) is 5.88 Å². The lowest BCUT2D eigenvalue weighted by Crippen LogP contribution is -2.08. The minimum absolute atomic E-state index is 0.0313. The molecule has 0 saturated carbocycles. The maximum absolute atomic E-state index is 12.5. The van der Waals surface area contributed by atoms with E-state index in [1.165, 1.54) is 25.6 Å². The second-order valence-corrected chi connectivity index (χ2v) is 6.59. The number of para-hydroxylation sites is 1. The molecule has 0 aliphatic heterocycles. The first-order chi connectivity index (χ1) is 10.6. The molecule has 0 fully saturated rings. The molecule has 0 aliphatic rings. The van der Waals surface area contributed by atoms with E-state index in [0.29, 0.717) is 17.1 Å². The molecule has 0 saturated heterocycles. The lowest BCUT2D eigenvalue weighted by molar-refractivity contribution is 0.396.